The average molecular weight is 282 g/mol. The first-order valence-corrected chi connectivity index (χ1v) is 7.44. The summed E-state index contributed by atoms with van der Waals surface area (Å²) in [5.41, 5.74) is 4.20. The molecule has 0 aliphatic rings. The van der Waals surface area contributed by atoms with E-state index in [0.717, 1.165) is 29.7 Å². The third-order valence-corrected chi connectivity index (χ3v) is 3.58. The summed E-state index contributed by atoms with van der Waals surface area (Å²) in [4.78, 5) is 11.3. The number of hydrogen-bond donors (Lipinski definition) is 0. The summed E-state index contributed by atoms with van der Waals surface area (Å²) in [7, 11) is 0. The van der Waals surface area contributed by atoms with Gasteiger partial charge in [0.25, 0.3) is 0 Å². The van der Waals surface area contributed by atoms with Crippen molar-refractivity contribution in [1.82, 2.24) is 0 Å². The first-order chi connectivity index (χ1) is 10.1. The predicted octanol–water partition coefficient (Wildman–Crippen LogP) is 5.04. The van der Waals surface area contributed by atoms with Crippen LogP contribution in [0.4, 0.5) is 0 Å². The SMILES string of the molecule is CCCOC(C)c1ccc(-c2ccc(C(C)=O)cc2)cc1. The average Bonchev–Trinajstić information content (AvgIpc) is 2.53. The highest BCUT2D eigenvalue weighted by Gasteiger charge is 2.06. The molecule has 2 rings (SSSR count). The topological polar surface area (TPSA) is 26.3 Å². The Balaban J connectivity index is 2.13. The Morgan fingerprint density at radius 1 is 1.00 bits per heavy atom. The van der Waals surface area contributed by atoms with Gasteiger partial charge in [-0.1, -0.05) is 55.5 Å². The lowest BCUT2D eigenvalue weighted by atomic mass is 10.0. The van der Waals surface area contributed by atoms with Gasteiger partial charge < -0.3 is 4.74 Å². The third kappa shape index (κ3) is 4.02. The molecule has 1 unspecified atom stereocenters. The largest absolute Gasteiger partial charge is 0.374 e. The van der Waals surface area contributed by atoms with Crippen LogP contribution in [0.1, 0.15) is 49.2 Å². The van der Waals surface area contributed by atoms with Crippen LogP contribution < -0.4 is 0 Å². The quantitative estimate of drug-likeness (QED) is 0.693. The second kappa shape index (κ2) is 7.19. The Morgan fingerprint density at radius 3 is 2.00 bits per heavy atom. The van der Waals surface area contributed by atoms with E-state index in [9.17, 15) is 4.79 Å². The molecule has 0 fully saturated rings. The summed E-state index contributed by atoms with van der Waals surface area (Å²) < 4.78 is 5.73. The minimum Gasteiger partial charge on any atom is -0.374 e. The van der Waals surface area contributed by atoms with E-state index in [4.69, 9.17) is 4.74 Å². The van der Waals surface area contributed by atoms with Crippen LogP contribution in [0.25, 0.3) is 11.1 Å². The van der Waals surface area contributed by atoms with E-state index >= 15 is 0 Å². The molecule has 0 amide bonds. The zero-order chi connectivity index (χ0) is 15.2. The molecule has 0 saturated heterocycles. The van der Waals surface area contributed by atoms with Crippen LogP contribution >= 0.6 is 0 Å². The van der Waals surface area contributed by atoms with E-state index in [0.29, 0.717) is 0 Å². The van der Waals surface area contributed by atoms with Crippen LogP contribution in [0.15, 0.2) is 48.5 Å². The lowest BCUT2D eigenvalue weighted by molar-refractivity contribution is 0.0663. The molecule has 0 saturated carbocycles. The monoisotopic (exact) mass is 282 g/mol. The van der Waals surface area contributed by atoms with Crippen LogP contribution in [-0.4, -0.2) is 12.4 Å². The van der Waals surface area contributed by atoms with E-state index in [1.165, 1.54) is 5.56 Å². The highest BCUT2D eigenvalue weighted by molar-refractivity contribution is 5.94. The summed E-state index contributed by atoms with van der Waals surface area (Å²) >= 11 is 0. The number of ether oxygens (including phenoxy) is 1. The van der Waals surface area contributed by atoms with Crippen molar-refractivity contribution in [2.24, 2.45) is 0 Å². The first-order valence-electron chi connectivity index (χ1n) is 7.44. The molecule has 2 heteroatoms. The molecule has 0 aliphatic carbocycles. The Hall–Kier alpha value is -1.93. The maximum absolute atomic E-state index is 11.3. The Kier molecular flexibility index (Phi) is 5.29. The second-order valence-electron chi connectivity index (χ2n) is 5.27. The minimum atomic E-state index is 0.0961. The van der Waals surface area contributed by atoms with Gasteiger partial charge in [-0.05, 0) is 37.0 Å². The highest BCUT2D eigenvalue weighted by Crippen LogP contribution is 2.24. The fourth-order valence-electron chi connectivity index (χ4n) is 2.23. The van der Waals surface area contributed by atoms with Crippen molar-refractivity contribution in [2.75, 3.05) is 6.61 Å². The van der Waals surface area contributed by atoms with Crippen molar-refractivity contribution >= 4 is 5.78 Å². The van der Waals surface area contributed by atoms with E-state index in [1.807, 2.05) is 24.3 Å². The fraction of sp³-hybridized carbons (Fsp3) is 0.316. The van der Waals surface area contributed by atoms with Crippen LogP contribution in [0.5, 0.6) is 0 Å². The summed E-state index contributed by atoms with van der Waals surface area (Å²) in [6.45, 7) is 6.56. The number of carbonyl (C=O) groups excluding carboxylic acids is 1. The molecule has 0 N–H and O–H groups in total. The number of hydrogen-bond acceptors (Lipinski definition) is 2. The molecule has 1 atom stereocenters. The highest BCUT2D eigenvalue weighted by atomic mass is 16.5. The van der Waals surface area contributed by atoms with Gasteiger partial charge in [0.1, 0.15) is 0 Å². The van der Waals surface area contributed by atoms with Crippen molar-refractivity contribution in [3.63, 3.8) is 0 Å². The van der Waals surface area contributed by atoms with Gasteiger partial charge >= 0.3 is 0 Å². The number of Topliss-reactive ketones (excluding diaryl/α,β-unsaturated/α-hetero) is 1. The molecule has 2 nitrogen and oxygen atoms in total. The zero-order valence-corrected chi connectivity index (χ0v) is 12.9. The van der Waals surface area contributed by atoms with E-state index in [2.05, 4.69) is 38.1 Å². The summed E-state index contributed by atoms with van der Waals surface area (Å²) in [5, 5.41) is 0. The maximum Gasteiger partial charge on any atom is 0.159 e. The number of rotatable bonds is 6. The molecule has 0 heterocycles. The van der Waals surface area contributed by atoms with Crippen LogP contribution in [0, 0.1) is 0 Å². The molecule has 2 aromatic carbocycles. The van der Waals surface area contributed by atoms with Crippen LogP contribution in [0.3, 0.4) is 0 Å². The molecule has 21 heavy (non-hydrogen) atoms. The van der Waals surface area contributed by atoms with Crippen molar-refractivity contribution < 1.29 is 9.53 Å². The molecule has 0 radical (unpaired) electrons. The summed E-state index contributed by atoms with van der Waals surface area (Å²) in [6, 6.07) is 16.1. The van der Waals surface area contributed by atoms with Crippen molar-refractivity contribution in [2.45, 2.75) is 33.3 Å². The zero-order valence-electron chi connectivity index (χ0n) is 12.9. The predicted molar refractivity (Wildman–Crippen MR) is 86.5 cm³/mol. The van der Waals surface area contributed by atoms with Crippen LogP contribution in [0.2, 0.25) is 0 Å². The first kappa shape index (κ1) is 15.5. The van der Waals surface area contributed by atoms with E-state index in [1.54, 1.807) is 6.92 Å². The normalized spacial score (nSPS) is 12.1. The second-order valence-corrected chi connectivity index (χ2v) is 5.27. The van der Waals surface area contributed by atoms with Gasteiger partial charge in [0.2, 0.25) is 0 Å². The molecular formula is C19H22O2. The van der Waals surface area contributed by atoms with Gasteiger partial charge in [-0.2, -0.15) is 0 Å². The minimum absolute atomic E-state index is 0.0961. The third-order valence-electron chi connectivity index (χ3n) is 3.58. The molecule has 0 bridgehead atoms. The van der Waals surface area contributed by atoms with Gasteiger partial charge in [0.05, 0.1) is 6.10 Å². The van der Waals surface area contributed by atoms with E-state index < -0.39 is 0 Å². The number of carbonyl (C=O) groups is 1. The molecule has 0 aromatic heterocycles. The maximum atomic E-state index is 11.3. The standard InChI is InChI=1S/C19H22O2/c1-4-13-21-15(3)17-7-11-19(12-8-17)18-9-5-16(6-10-18)14(2)20/h5-12,15H,4,13H2,1-3H3. The lowest BCUT2D eigenvalue weighted by Gasteiger charge is -2.13. The Labute approximate surface area is 126 Å². The van der Waals surface area contributed by atoms with Gasteiger partial charge in [-0.15, -0.1) is 0 Å². The summed E-state index contributed by atoms with van der Waals surface area (Å²) in [6.07, 6.45) is 1.16. The van der Waals surface area contributed by atoms with Gasteiger partial charge in [0, 0.05) is 12.2 Å². The smallest absolute Gasteiger partial charge is 0.159 e. The van der Waals surface area contributed by atoms with Crippen LogP contribution in [-0.2, 0) is 4.74 Å². The molecule has 0 spiro atoms. The lowest BCUT2D eigenvalue weighted by Crippen LogP contribution is -2.00. The van der Waals surface area contributed by atoms with Crippen molar-refractivity contribution in [3.8, 4) is 11.1 Å². The summed E-state index contributed by atoms with van der Waals surface area (Å²) in [5.74, 6) is 0.0961. The van der Waals surface area contributed by atoms with Crippen molar-refractivity contribution in [1.29, 1.82) is 0 Å². The molecule has 0 aliphatic heterocycles. The van der Waals surface area contributed by atoms with Gasteiger partial charge in [-0.3, -0.25) is 4.79 Å². The van der Waals surface area contributed by atoms with E-state index in [-0.39, 0.29) is 11.9 Å². The van der Waals surface area contributed by atoms with Crippen molar-refractivity contribution in [3.05, 3.63) is 59.7 Å². The van der Waals surface area contributed by atoms with Gasteiger partial charge in [-0.25, -0.2) is 0 Å². The molecule has 2 aromatic rings. The number of benzene rings is 2. The Morgan fingerprint density at radius 2 is 1.52 bits per heavy atom. The number of ketones is 1. The fourth-order valence-corrected chi connectivity index (χ4v) is 2.23. The van der Waals surface area contributed by atoms with Gasteiger partial charge in [0.15, 0.2) is 5.78 Å². The molecule has 110 valence electrons. The molecular weight excluding hydrogens is 260 g/mol. The Bertz CT molecular complexity index is 582.